The van der Waals surface area contributed by atoms with Crippen LogP contribution in [0.4, 0.5) is 0 Å². The summed E-state index contributed by atoms with van der Waals surface area (Å²) in [6.45, 7) is 0.798. The molecule has 0 atom stereocenters. The molecule has 0 radical (unpaired) electrons. The van der Waals surface area contributed by atoms with Crippen LogP contribution in [0, 0.1) is 4.77 Å². The second-order valence-corrected chi connectivity index (χ2v) is 5.76. The molecule has 3 rings (SSSR count). The van der Waals surface area contributed by atoms with Crippen molar-refractivity contribution in [3.8, 4) is 10.7 Å². The van der Waals surface area contributed by atoms with Crippen LogP contribution in [0.5, 0.6) is 0 Å². The smallest absolute Gasteiger partial charge is 0.195 e. The van der Waals surface area contributed by atoms with E-state index in [9.17, 15) is 0 Å². The zero-order chi connectivity index (χ0) is 12.4. The lowest BCUT2D eigenvalue weighted by Crippen LogP contribution is -2.03. The fourth-order valence-corrected chi connectivity index (χ4v) is 3.24. The van der Waals surface area contributed by atoms with Gasteiger partial charge in [-0.15, -0.1) is 22.7 Å². The van der Waals surface area contributed by atoms with E-state index < -0.39 is 0 Å². The van der Waals surface area contributed by atoms with E-state index in [4.69, 9.17) is 12.2 Å². The molecular weight excluding hydrogens is 284 g/mol. The molecule has 3 aromatic heterocycles. The highest BCUT2D eigenvalue weighted by atomic mass is 32.1. The minimum atomic E-state index is 0.661. The Bertz CT molecular complexity index is 664. The first-order valence-electron chi connectivity index (χ1n) is 5.41. The van der Waals surface area contributed by atoms with Crippen LogP contribution in [0.3, 0.4) is 0 Å². The molecule has 0 aliphatic heterocycles. The molecule has 7 heteroatoms. The van der Waals surface area contributed by atoms with Crippen molar-refractivity contribution in [1.29, 1.82) is 0 Å². The standard InChI is InChI=1S/C11H10N4S3/c16-11-14-13-10(9-2-1-5-18-9)15(11)4-3-8-6-17-7-12-8/h1-2,5-7H,3-4H2,(H,14,16). The molecule has 0 aromatic carbocycles. The van der Waals surface area contributed by atoms with Crippen molar-refractivity contribution in [2.45, 2.75) is 13.0 Å². The Kier molecular flexibility index (Phi) is 3.35. The molecule has 4 nitrogen and oxygen atoms in total. The SMILES string of the molecule is S=c1[nH]nc(-c2cccs2)n1CCc1cscn1. The largest absolute Gasteiger partial charge is 0.299 e. The van der Waals surface area contributed by atoms with Crippen LogP contribution in [0.2, 0.25) is 0 Å². The van der Waals surface area contributed by atoms with E-state index in [-0.39, 0.29) is 0 Å². The van der Waals surface area contributed by atoms with Crippen LogP contribution in [-0.4, -0.2) is 19.7 Å². The van der Waals surface area contributed by atoms with Gasteiger partial charge in [0, 0.05) is 18.3 Å². The summed E-state index contributed by atoms with van der Waals surface area (Å²) < 4.78 is 2.69. The van der Waals surface area contributed by atoms with E-state index in [1.165, 1.54) is 0 Å². The van der Waals surface area contributed by atoms with Crippen molar-refractivity contribution in [3.05, 3.63) is 38.9 Å². The fraction of sp³-hybridized carbons (Fsp3) is 0.182. The Morgan fingerprint density at radius 3 is 3.11 bits per heavy atom. The molecule has 0 unspecified atom stereocenters. The third-order valence-electron chi connectivity index (χ3n) is 2.57. The number of thiophene rings is 1. The van der Waals surface area contributed by atoms with Crippen LogP contribution in [0.25, 0.3) is 10.7 Å². The summed E-state index contributed by atoms with van der Waals surface area (Å²) >= 11 is 8.55. The Balaban J connectivity index is 1.87. The Hall–Kier alpha value is -1.31. The lowest BCUT2D eigenvalue weighted by molar-refractivity contribution is 0.684. The summed E-state index contributed by atoms with van der Waals surface area (Å²) in [5, 5.41) is 11.3. The van der Waals surface area contributed by atoms with Gasteiger partial charge < -0.3 is 0 Å². The maximum atomic E-state index is 5.27. The molecule has 0 saturated heterocycles. The normalized spacial score (nSPS) is 10.9. The van der Waals surface area contributed by atoms with Crippen molar-refractivity contribution in [2.24, 2.45) is 0 Å². The topological polar surface area (TPSA) is 46.5 Å². The number of nitrogens with zero attached hydrogens (tertiary/aromatic N) is 3. The Morgan fingerprint density at radius 2 is 2.39 bits per heavy atom. The molecule has 92 valence electrons. The molecule has 3 heterocycles. The zero-order valence-corrected chi connectivity index (χ0v) is 11.8. The van der Waals surface area contributed by atoms with Gasteiger partial charge in [0.25, 0.3) is 0 Å². The molecule has 0 amide bonds. The molecule has 18 heavy (non-hydrogen) atoms. The van der Waals surface area contributed by atoms with Crippen LogP contribution in [-0.2, 0) is 13.0 Å². The van der Waals surface area contributed by atoms with Crippen molar-refractivity contribution in [1.82, 2.24) is 19.7 Å². The minimum absolute atomic E-state index is 0.661. The van der Waals surface area contributed by atoms with E-state index in [0.717, 1.165) is 29.4 Å². The second kappa shape index (κ2) is 5.13. The molecule has 3 aromatic rings. The molecule has 0 saturated carbocycles. The predicted molar refractivity (Wildman–Crippen MR) is 76.5 cm³/mol. The highest BCUT2D eigenvalue weighted by Gasteiger charge is 2.09. The number of nitrogens with one attached hydrogen (secondary N) is 1. The molecular formula is C11H10N4S3. The van der Waals surface area contributed by atoms with Crippen LogP contribution < -0.4 is 0 Å². The van der Waals surface area contributed by atoms with Crippen molar-refractivity contribution < 1.29 is 0 Å². The van der Waals surface area contributed by atoms with Gasteiger partial charge in [-0.3, -0.25) is 9.67 Å². The number of aromatic amines is 1. The third kappa shape index (κ3) is 2.29. The number of hydrogen-bond donors (Lipinski definition) is 1. The summed E-state index contributed by atoms with van der Waals surface area (Å²) in [7, 11) is 0. The molecule has 0 aliphatic rings. The first-order valence-corrected chi connectivity index (χ1v) is 7.64. The molecule has 1 N–H and O–H groups in total. The number of H-pyrrole nitrogens is 1. The first kappa shape index (κ1) is 11.8. The van der Waals surface area contributed by atoms with Gasteiger partial charge in [0.1, 0.15) is 0 Å². The van der Waals surface area contributed by atoms with E-state index in [1.807, 2.05) is 21.5 Å². The van der Waals surface area contributed by atoms with Gasteiger partial charge >= 0.3 is 0 Å². The van der Waals surface area contributed by atoms with Crippen molar-refractivity contribution in [3.63, 3.8) is 0 Å². The zero-order valence-electron chi connectivity index (χ0n) is 9.37. The van der Waals surface area contributed by atoms with Crippen molar-refractivity contribution in [2.75, 3.05) is 0 Å². The molecule has 0 fully saturated rings. The van der Waals surface area contributed by atoms with Gasteiger partial charge in [-0.1, -0.05) is 6.07 Å². The average molecular weight is 294 g/mol. The van der Waals surface area contributed by atoms with Crippen LogP contribution >= 0.6 is 34.9 Å². The molecule has 0 aliphatic carbocycles. The summed E-state index contributed by atoms with van der Waals surface area (Å²) in [5.41, 5.74) is 2.95. The van der Waals surface area contributed by atoms with Crippen molar-refractivity contribution >= 4 is 34.9 Å². The highest BCUT2D eigenvalue weighted by molar-refractivity contribution is 7.71. The van der Waals surface area contributed by atoms with Gasteiger partial charge in [-0.05, 0) is 23.7 Å². The minimum Gasteiger partial charge on any atom is -0.299 e. The average Bonchev–Trinajstić information content (AvgIpc) is 3.08. The van der Waals surface area contributed by atoms with Gasteiger partial charge in [0.15, 0.2) is 10.6 Å². The number of aromatic nitrogens is 4. The fourth-order valence-electron chi connectivity index (χ4n) is 1.71. The monoisotopic (exact) mass is 294 g/mol. The maximum Gasteiger partial charge on any atom is 0.195 e. The lowest BCUT2D eigenvalue weighted by Gasteiger charge is -2.03. The number of thiazole rings is 1. The van der Waals surface area contributed by atoms with Gasteiger partial charge in [-0.25, -0.2) is 4.98 Å². The van der Waals surface area contributed by atoms with E-state index in [1.54, 1.807) is 22.7 Å². The summed E-state index contributed by atoms with van der Waals surface area (Å²) in [6, 6.07) is 4.07. The third-order valence-corrected chi connectivity index (χ3v) is 4.39. The van der Waals surface area contributed by atoms with Gasteiger partial charge in [0.2, 0.25) is 0 Å². The van der Waals surface area contributed by atoms with Gasteiger partial charge in [0.05, 0.1) is 16.1 Å². The van der Waals surface area contributed by atoms with E-state index in [2.05, 4.69) is 26.6 Å². The summed E-state index contributed by atoms with van der Waals surface area (Å²) in [6.07, 6.45) is 0.871. The quantitative estimate of drug-likeness (QED) is 0.750. The van der Waals surface area contributed by atoms with E-state index >= 15 is 0 Å². The lowest BCUT2D eigenvalue weighted by atomic mass is 10.3. The van der Waals surface area contributed by atoms with Gasteiger partial charge in [-0.2, -0.15) is 5.10 Å². The van der Waals surface area contributed by atoms with Crippen LogP contribution in [0.15, 0.2) is 28.4 Å². The predicted octanol–water partition coefficient (Wildman–Crippen LogP) is 3.37. The first-order chi connectivity index (χ1) is 8.84. The molecule has 0 bridgehead atoms. The summed E-state index contributed by atoms with van der Waals surface area (Å²) in [5.74, 6) is 0.908. The molecule has 0 spiro atoms. The Labute approximate surface area is 117 Å². The second-order valence-electron chi connectivity index (χ2n) is 3.71. The number of aryl methyl sites for hydroxylation is 1. The number of rotatable bonds is 4. The van der Waals surface area contributed by atoms with E-state index in [0.29, 0.717) is 4.77 Å². The highest BCUT2D eigenvalue weighted by Crippen LogP contribution is 2.22. The Morgan fingerprint density at radius 1 is 1.44 bits per heavy atom. The summed E-state index contributed by atoms with van der Waals surface area (Å²) in [4.78, 5) is 5.41. The maximum absolute atomic E-state index is 5.27. The number of hydrogen-bond acceptors (Lipinski definition) is 5. The van der Waals surface area contributed by atoms with Crippen LogP contribution in [0.1, 0.15) is 5.69 Å².